The van der Waals surface area contributed by atoms with Crippen LogP contribution in [0.4, 0.5) is 10.5 Å². The van der Waals surface area contributed by atoms with Crippen molar-refractivity contribution in [2.24, 2.45) is 0 Å². The zero-order valence-corrected chi connectivity index (χ0v) is 42.1. The molecule has 0 bridgehead atoms. The summed E-state index contributed by atoms with van der Waals surface area (Å²) >= 11 is 3.51. The Labute approximate surface area is 410 Å². The van der Waals surface area contributed by atoms with Crippen LogP contribution in [0.3, 0.4) is 0 Å². The number of pyridine rings is 2. The van der Waals surface area contributed by atoms with Crippen LogP contribution in [0.25, 0.3) is 22.3 Å². The molecule has 0 spiro atoms. The summed E-state index contributed by atoms with van der Waals surface area (Å²) in [7, 11) is -3.69. The van der Waals surface area contributed by atoms with Gasteiger partial charge < -0.3 is 42.9 Å². The number of fused-ring (bicyclic) bond motifs is 5. The predicted molar refractivity (Wildman–Crippen MR) is 265 cm³/mol. The summed E-state index contributed by atoms with van der Waals surface area (Å²) in [6, 6.07) is 22.1. The molecule has 0 radical (unpaired) electrons. The van der Waals surface area contributed by atoms with Crippen molar-refractivity contribution in [3.63, 3.8) is 0 Å². The lowest BCUT2D eigenvalue weighted by Gasteiger charge is -2.39. The van der Waals surface area contributed by atoms with Crippen LogP contribution < -0.4 is 15.6 Å². The summed E-state index contributed by atoms with van der Waals surface area (Å²) in [6.07, 6.45) is 5.75. The number of halogens is 1. The lowest BCUT2D eigenvalue weighted by Crippen LogP contribution is -2.48. The van der Waals surface area contributed by atoms with E-state index in [1.165, 1.54) is 19.3 Å². The third kappa shape index (κ3) is 9.63. The highest BCUT2D eigenvalue weighted by Crippen LogP contribution is 2.61. The van der Waals surface area contributed by atoms with Crippen molar-refractivity contribution in [2.75, 3.05) is 44.7 Å². The molecule has 4 aliphatic rings. The third-order valence-electron chi connectivity index (χ3n) is 13.9. The van der Waals surface area contributed by atoms with Gasteiger partial charge in [-0.25, -0.2) is 14.6 Å². The Hall–Kier alpha value is -5.38. The normalized spacial score (nSPS) is 18.8. The fraction of sp³-hybridized carbons (Fsp3) is 0.442. The van der Waals surface area contributed by atoms with E-state index in [4.69, 9.17) is 28.2 Å². The van der Waals surface area contributed by atoms with Gasteiger partial charge in [-0.1, -0.05) is 60.5 Å². The minimum Gasteiger partial charge on any atom is -0.457 e. The largest absolute Gasteiger partial charge is 0.457 e. The molecule has 3 aromatic carbocycles. The van der Waals surface area contributed by atoms with Crippen molar-refractivity contribution in [2.45, 2.75) is 110 Å². The molecular weight excluding hydrogens is 965 g/mol. The zero-order chi connectivity index (χ0) is 48.5. The number of piperidine rings is 2. The fourth-order valence-electron chi connectivity index (χ4n) is 10.5. The highest BCUT2D eigenvalue weighted by atomic mass is 79.9. The van der Waals surface area contributed by atoms with Gasteiger partial charge in [0.25, 0.3) is 5.56 Å². The Kier molecular flexibility index (Phi) is 14.5. The van der Waals surface area contributed by atoms with E-state index in [1.807, 2.05) is 43.3 Å². The molecular formula is C52H59BrN5O10P. The molecule has 2 saturated heterocycles. The molecule has 69 heavy (non-hydrogen) atoms. The molecule has 364 valence electrons. The first kappa shape index (κ1) is 48.6. The number of ether oxygens (including phenoxy) is 3. The maximum Gasteiger partial charge on any atom is 0.415 e. The number of benzene rings is 3. The van der Waals surface area contributed by atoms with Crippen molar-refractivity contribution >= 4 is 58.1 Å². The number of likely N-dealkylation sites (tertiary alicyclic amines) is 2. The number of esters is 2. The summed E-state index contributed by atoms with van der Waals surface area (Å²) in [5.74, 6) is -1.85. The summed E-state index contributed by atoms with van der Waals surface area (Å²) in [6.45, 7) is 11.2. The lowest BCUT2D eigenvalue weighted by atomic mass is 9.85. The van der Waals surface area contributed by atoms with Crippen molar-refractivity contribution in [1.29, 1.82) is 0 Å². The van der Waals surface area contributed by atoms with Crippen LogP contribution in [0.2, 0.25) is 0 Å². The maximum absolute atomic E-state index is 14.4. The maximum atomic E-state index is 14.4. The van der Waals surface area contributed by atoms with E-state index in [-0.39, 0.29) is 62.0 Å². The minimum atomic E-state index is -3.69. The minimum absolute atomic E-state index is 0.0171. The topological polar surface area (TPSA) is 168 Å². The van der Waals surface area contributed by atoms with Gasteiger partial charge in [0, 0.05) is 45.8 Å². The van der Waals surface area contributed by atoms with Crippen LogP contribution >= 0.6 is 23.5 Å². The highest BCUT2D eigenvalue weighted by Gasteiger charge is 2.50. The van der Waals surface area contributed by atoms with Gasteiger partial charge in [0.05, 0.1) is 48.6 Å². The number of aryl methyl sites for hydroxylation is 1. The molecule has 15 nitrogen and oxygen atoms in total. The summed E-state index contributed by atoms with van der Waals surface area (Å²) in [5, 5.41) is 4.15. The molecule has 1 amide bonds. The Morgan fingerprint density at radius 3 is 2.33 bits per heavy atom. The molecule has 5 aromatic rings. The Morgan fingerprint density at radius 1 is 0.913 bits per heavy atom. The summed E-state index contributed by atoms with van der Waals surface area (Å²) in [4.78, 5) is 65.1. The number of nitrogens with one attached hydrogen (secondary N) is 1. The van der Waals surface area contributed by atoms with Gasteiger partial charge >= 0.3 is 25.6 Å². The molecule has 2 aromatic heterocycles. The Morgan fingerprint density at radius 2 is 1.65 bits per heavy atom. The number of rotatable bonds is 15. The molecule has 1 N–H and O–H groups in total. The predicted octanol–water partition coefficient (Wildman–Crippen LogP) is 10.0. The first-order chi connectivity index (χ1) is 33.4. The van der Waals surface area contributed by atoms with Gasteiger partial charge in [0.2, 0.25) is 5.60 Å². The molecule has 17 heteroatoms. The molecule has 4 aliphatic heterocycles. The second-order valence-corrected chi connectivity index (χ2v) is 21.1. The average Bonchev–Trinajstić information content (AvgIpc) is 3.72. The van der Waals surface area contributed by atoms with Gasteiger partial charge in [0.15, 0.2) is 5.78 Å². The smallest absolute Gasteiger partial charge is 0.415 e. The van der Waals surface area contributed by atoms with E-state index >= 15 is 0 Å². The van der Waals surface area contributed by atoms with Crippen LogP contribution in [-0.2, 0) is 64.3 Å². The number of nitrogens with zero attached hydrogens (tertiary/aromatic N) is 4. The Balaban J connectivity index is 0.937. The van der Waals surface area contributed by atoms with Crippen LogP contribution in [-0.4, -0.2) is 82.8 Å². The van der Waals surface area contributed by atoms with Crippen molar-refractivity contribution < 1.29 is 42.2 Å². The van der Waals surface area contributed by atoms with Gasteiger partial charge in [-0.05, 0) is 131 Å². The zero-order valence-electron chi connectivity index (χ0n) is 39.6. The van der Waals surface area contributed by atoms with Gasteiger partial charge in [-0.2, -0.15) is 0 Å². The first-order valence-electron chi connectivity index (χ1n) is 24.2. The van der Waals surface area contributed by atoms with Crippen molar-refractivity contribution in [3.8, 4) is 17.1 Å². The number of hydrogen-bond donors (Lipinski definition) is 1. The number of anilines is 1. The molecule has 2 fully saturated rings. The van der Waals surface area contributed by atoms with E-state index in [2.05, 4.69) is 26.1 Å². The molecule has 9 rings (SSSR count). The summed E-state index contributed by atoms with van der Waals surface area (Å²) in [5.41, 5.74) is 3.79. The number of carbonyl (C=O) groups excluding carboxylic acids is 3. The number of aromatic nitrogens is 2. The Bertz CT molecular complexity index is 2870. The van der Waals surface area contributed by atoms with Gasteiger partial charge in [-0.3, -0.25) is 14.2 Å². The van der Waals surface area contributed by atoms with Crippen LogP contribution in [0.15, 0.2) is 82.1 Å². The van der Waals surface area contributed by atoms with Crippen LogP contribution in [0.1, 0.15) is 105 Å². The first-order valence-corrected chi connectivity index (χ1v) is 26.6. The van der Waals surface area contributed by atoms with Gasteiger partial charge in [0.1, 0.15) is 12.4 Å². The molecule has 2 atom stereocenters. The van der Waals surface area contributed by atoms with E-state index < -0.39 is 30.9 Å². The molecule has 2 unspecified atom stereocenters. The van der Waals surface area contributed by atoms with Crippen LogP contribution in [0.5, 0.6) is 5.75 Å². The third-order valence-corrected chi connectivity index (χ3v) is 16.7. The lowest BCUT2D eigenvalue weighted by molar-refractivity contribution is -0.189. The van der Waals surface area contributed by atoms with E-state index in [0.717, 1.165) is 46.9 Å². The van der Waals surface area contributed by atoms with Crippen LogP contribution in [0, 0.1) is 0 Å². The molecule has 6 heterocycles. The van der Waals surface area contributed by atoms with Gasteiger partial charge in [-0.15, -0.1) is 0 Å². The quantitative estimate of drug-likeness (QED) is 0.0763. The van der Waals surface area contributed by atoms with E-state index in [9.17, 15) is 23.7 Å². The summed E-state index contributed by atoms with van der Waals surface area (Å²) < 4.78 is 45.8. The SMILES string of the molecule is CCOP(=O)(OCC)C(Nc1ccc(CC(=O)OC2(CC)C(=O)OCc3c2cc2n(c3=O)Cc3c-2nc2ccc(OC(=O)N4CCC(N5CCCCC5)CC4)cc2c3CC)cc1)c1cccc(Br)c1. The second-order valence-electron chi connectivity index (χ2n) is 18.0. The number of amides is 1. The fourth-order valence-corrected chi connectivity index (χ4v) is 12.8. The highest BCUT2D eigenvalue weighted by molar-refractivity contribution is 9.10. The molecule has 0 aliphatic carbocycles. The van der Waals surface area contributed by atoms with Crippen molar-refractivity contribution in [3.05, 3.63) is 121 Å². The standard InChI is InChI=1S/C52H59BrN5O10P/c1-5-39-40-29-38(67-51(62)57-25-21-37(22-26-57)56-23-10-9-11-24-56)19-20-44(40)55-47-41(39)31-58-45(47)30-43-42(49(58)60)32-64-50(61)52(43,6-2)68-46(59)27-33-15-17-36(18-16-33)54-48(34-13-12-14-35(53)28-34)69(63,65-7-3)66-8-4/h12-20,28-30,37,48,54H,5-11,21-27,31-32H2,1-4H3. The monoisotopic (exact) mass is 1020 g/mol. The van der Waals surface area contributed by atoms with E-state index in [0.29, 0.717) is 65.0 Å². The second kappa shape index (κ2) is 20.5. The number of hydrogen-bond acceptors (Lipinski definition) is 13. The average molecular weight is 1020 g/mol. The van der Waals surface area contributed by atoms with Crippen molar-refractivity contribution in [1.82, 2.24) is 19.4 Å². The molecule has 0 saturated carbocycles. The number of cyclic esters (lactones) is 1. The van der Waals surface area contributed by atoms with E-state index in [1.54, 1.807) is 66.6 Å². The number of carbonyl (C=O) groups is 3.